The summed E-state index contributed by atoms with van der Waals surface area (Å²) in [5.74, 6) is 0. The summed E-state index contributed by atoms with van der Waals surface area (Å²) in [6.07, 6.45) is 8.31. The van der Waals surface area contributed by atoms with Crippen molar-refractivity contribution in [2.75, 3.05) is 110 Å². The molecule has 0 aromatic carbocycles. The summed E-state index contributed by atoms with van der Waals surface area (Å²) in [7, 11) is 7.05. The zero-order chi connectivity index (χ0) is 33.9. The smallest absolute Gasteiger partial charge is 0.396 e. The van der Waals surface area contributed by atoms with Crippen molar-refractivity contribution in [2.45, 2.75) is 75.9 Å². The molecule has 0 saturated carbocycles. The van der Waals surface area contributed by atoms with Gasteiger partial charge in [0.2, 0.25) is 0 Å². The van der Waals surface area contributed by atoms with Crippen molar-refractivity contribution >= 4 is 26.4 Å². The molecule has 0 heterocycles. The van der Waals surface area contributed by atoms with Crippen molar-refractivity contribution in [3.8, 4) is 0 Å². The van der Waals surface area contributed by atoms with Gasteiger partial charge in [-0.1, -0.05) is 19.3 Å². The van der Waals surface area contributed by atoms with Crippen LogP contribution in [0, 0.1) is 5.41 Å². The van der Waals surface area contributed by atoms with E-state index in [1.54, 1.807) is 64.0 Å². The van der Waals surface area contributed by atoms with Crippen LogP contribution in [0.15, 0.2) is 0 Å². The molecule has 0 bridgehead atoms. The third kappa shape index (κ3) is 19.3. The van der Waals surface area contributed by atoms with Gasteiger partial charge in [0.1, 0.15) is 0 Å². The van der Waals surface area contributed by atoms with Gasteiger partial charge in [-0.25, -0.2) is 0 Å². The Morgan fingerprint density at radius 3 is 0.826 bits per heavy atom. The van der Waals surface area contributed by atoms with E-state index in [-0.39, 0.29) is 27.7 Å². The molecule has 13 nitrogen and oxygen atoms in total. The Morgan fingerprint density at radius 2 is 0.630 bits per heavy atom. The Balaban J connectivity index is 0. The molecule has 1 N–H and O–H groups in total. The zero-order valence-corrected chi connectivity index (χ0v) is 36.1. The van der Waals surface area contributed by atoms with E-state index in [2.05, 4.69) is 0 Å². The molecule has 0 fully saturated rings. The molecule has 0 saturated heterocycles. The van der Waals surface area contributed by atoms with Crippen molar-refractivity contribution in [3.63, 3.8) is 0 Å². The monoisotopic (exact) mass is 890 g/mol. The first-order chi connectivity index (χ1) is 21.7. The molecule has 0 rings (SSSR count). The van der Waals surface area contributed by atoms with Crippen LogP contribution in [-0.4, -0.2) is 142 Å². The standard InChI is InChI=1S/C29H66O13Si3.W/c1-31-43(32-2,33-3)22-16-10-13-19-40-26-29(25-30,27-41-20-14-11-17-23-44(34-4,35-5)36-6)28-42-21-15-12-18-24-45(37-7,38-8)39-9;/h30H,10-28H2,1-9H3;. The average molecular weight is 891 g/mol. The zero-order valence-electron chi connectivity index (χ0n) is 30.2. The molecule has 0 aliphatic rings. The van der Waals surface area contributed by atoms with Crippen LogP contribution < -0.4 is 0 Å². The van der Waals surface area contributed by atoms with Gasteiger partial charge < -0.3 is 59.2 Å². The summed E-state index contributed by atoms with van der Waals surface area (Å²) in [5, 5.41) is 10.5. The average Bonchev–Trinajstić information content (AvgIpc) is 3.09. The Hall–Kier alpha value is 0.819. The van der Waals surface area contributed by atoms with Crippen molar-refractivity contribution in [2.24, 2.45) is 5.41 Å². The summed E-state index contributed by atoms with van der Waals surface area (Å²) < 4.78 is 67.7. The van der Waals surface area contributed by atoms with E-state index in [0.717, 1.165) is 75.9 Å². The number of hydrogen-bond donors (Lipinski definition) is 1. The minimum atomic E-state index is -2.55. The Morgan fingerprint density at radius 1 is 0.391 bits per heavy atom. The van der Waals surface area contributed by atoms with Crippen LogP contribution in [0.4, 0.5) is 0 Å². The number of rotatable bonds is 34. The van der Waals surface area contributed by atoms with Crippen molar-refractivity contribution in [1.29, 1.82) is 0 Å². The first-order valence-electron chi connectivity index (χ1n) is 16.0. The normalized spacial score (nSPS) is 12.9. The van der Waals surface area contributed by atoms with E-state index >= 15 is 0 Å². The number of aliphatic hydroxyl groups excluding tert-OH is 1. The summed E-state index contributed by atoms with van der Waals surface area (Å²) >= 11 is 0. The maximum atomic E-state index is 10.5. The quantitative estimate of drug-likeness (QED) is 0.0735. The van der Waals surface area contributed by atoms with Crippen LogP contribution in [0.3, 0.4) is 0 Å². The Labute approximate surface area is 297 Å². The van der Waals surface area contributed by atoms with Gasteiger partial charge in [0, 0.05) is 123 Å². The molecule has 46 heavy (non-hydrogen) atoms. The van der Waals surface area contributed by atoms with Crippen LogP contribution in [0.1, 0.15) is 57.8 Å². The number of aliphatic hydroxyl groups is 1. The molecular weight excluding hydrogens is 824 g/mol. The molecule has 0 amide bonds. The molecule has 0 spiro atoms. The minimum absolute atomic E-state index is 0. The summed E-state index contributed by atoms with van der Waals surface area (Å²) in [6, 6.07) is 2.28. The molecular formula is C29H66O13Si3W. The third-order valence-electron chi connectivity index (χ3n) is 8.17. The maximum absolute atomic E-state index is 10.5. The van der Waals surface area contributed by atoms with E-state index in [1.807, 2.05) is 0 Å². The van der Waals surface area contributed by atoms with Gasteiger partial charge >= 0.3 is 26.4 Å². The topological polar surface area (TPSA) is 131 Å². The van der Waals surface area contributed by atoms with Gasteiger partial charge in [0.25, 0.3) is 0 Å². The van der Waals surface area contributed by atoms with Gasteiger partial charge in [0.15, 0.2) is 0 Å². The van der Waals surface area contributed by atoms with E-state index in [4.69, 9.17) is 54.0 Å². The molecule has 0 aromatic heterocycles. The SMILES string of the molecule is CO[Si](CCCCCOCC(CO)(COCCCCC[Si](OC)(OC)OC)COCCCCC[Si](OC)(OC)OC)(OC)OC.[W]. The van der Waals surface area contributed by atoms with E-state index in [0.29, 0.717) is 39.6 Å². The van der Waals surface area contributed by atoms with Crippen LogP contribution in [0.25, 0.3) is 0 Å². The fourth-order valence-electron chi connectivity index (χ4n) is 4.96. The summed E-state index contributed by atoms with van der Waals surface area (Å²) in [5.41, 5.74) is -0.640. The largest absolute Gasteiger partial charge is 0.500 e. The van der Waals surface area contributed by atoms with Crippen LogP contribution in [0.2, 0.25) is 18.1 Å². The molecule has 0 aliphatic heterocycles. The summed E-state index contributed by atoms with van der Waals surface area (Å²) in [6.45, 7) is 2.70. The second kappa shape index (κ2) is 29.5. The van der Waals surface area contributed by atoms with E-state index in [1.165, 1.54) is 0 Å². The maximum Gasteiger partial charge on any atom is 0.500 e. The van der Waals surface area contributed by atoms with E-state index < -0.39 is 31.8 Å². The Bertz CT molecular complexity index is 568. The number of ether oxygens (including phenoxy) is 3. The minimum Gasteiger partial charge on any atom is -0.396 e. The molecule has 0 aliphatic carbocycles. The molecule has 0 aromatic rings. The number of hydrogen-bond acceptors (Lipinski definition) is 13. The van der Waals surface area contributed by atoms with Gasteiger partial charge in [-0.15, -0.1) is 0 Å². The molecule has 17 heteroatoms. The first-order valence-corrected chi connectivity index (χ1v) is 21.8. The van der Waals surface area contributed by atoms with Crippen LogP contribution >= 0.6 is 0 Å². The van der Waals surface area contributed by atoms with Gasteiger partial charge in [-0.3, -0.25) is 0 Å². The molecule has 0 unspecified atom stereocenters. The van der Waals surface area contributed by atoms with Crippen molar-refractivity contribution in [1.82, 2.24) is 0 Å². The van der Waals surface area contributed by atoms with E-state index in [9.17, 15) is 5.11 Å². The van der Waals surface area contributed by atoms with Gasteiger partial charge in [-0.05, 0) is 38.5 Å². The van der Waals surface area contributed by atoms with Gasteiger partial charge in [0.05, 0.1) is 31.8 Å². The second-order valence-corrected chi connectivity index (χ2v) is 20.4. The fraction of sp³-hybridized carbons (Fsp3) is 1.00. The molecule has 278 valence electrons. The molecule has 0 radical (unpaired) electrons. The van der Waals surface area contributed by atoms with Crippen molar-refractivity contribution in [3.05, 3.63) is 0 Å². The van der Waals surface area contributed by atoms with Crippen LogP contribution in [-0.2, 0) is 75.1 Å². The third-order valence-corrected chi connectivity index (χ3v) is 16.7. The Kier molecular flexibility index (Phi) is 31.4. The second-order valence-electron chi connectivity index (χ2n) is 11.1. The summed E-state index contributed by atoms with van der Waals surface area (Å²) in [4.78, 5) is 0. The first kappa shape index (κ1) is 48.9. The predicted octanol–water partition coefficient (Wildman–Crippen LogP) is 4.16. The fourth-order valence-corrected chi connectivity index (χ4v) is 10.3. The van der Waals surface area contributed by atoms with Crippen molar-refractivity contribution < 1.29 is 80.2 Å². The van der Waals surface area contributed by atoms with Gasteiger partial charge in [-0.2, -0.15) is 0 Å². The number of unbranched alkanes of at least 4 members (excludes halogenated alkanes) is 6. The molecule has 0 atom stereocenters. The van der Waals surface area contributed by atoms with Crippen LogP contribution in [0.5, 0.6) is 0 Å². The predicted molar refractivity (Wildman–Crippen MR) is 178 cm³/mol.